The lowest BCUT2D eigenvalue weighted by atomic mass is 9.93. The summed E-state index contributed by atoms with van der Waals surface area (Å²) in [6, 6.07) is 4.40. The molecule has 106 valence electrons. The maximum Gasteiger partial charge on any atom is 0.193 e. The molecule has 0 bridgehead atoms. The third-order valence-electron chi connectivity index (χ3n) is 3.47. The quantitative estimate of drug-likeness (QED) is 0.487. The van der Waals surface area contributed by atoms with Gasteiger partial charge in [0, 0.05) is 31.6 Å². The number of hydrogen-bond acceptors (Lipinski definition) is 2. The van der Waals surface area contributed by atoms with Crippen molar-refractivity contribution in [2.75, 3.05) is 26.7 Å². The summed E-state index contributed by atoms with van der Waals surface area (Å²) < 4.78 is 1.36. The second-order valence-corrected chi connectivity index (χ2v) is 8.83. The Kier molecular flexibility index (Phi) is 5.11. The van der Waals surface area contributed by atoms with E-state index in [-0.39, 0.29) is 0 Å². The Morgan fingerprint density at radius 2 is 2.32 bits per heavy atom. The number of hydrogen-bond donors (Lipinski definition) is 1. The van der Waals surface area contributed by atoms with Gasteiger partial charge in [-0.2, -0.15) is 0 Å². The van der Waals surface area contributed by atoms with Gasteiger partial charge in [0.1, 0.15) is 0 Å². The van der Waals surface area contributed by atoms with Crippen LogP contribution in [0.5, 0.6) is 0 Å². The lowest BCUT2D eigenvalue weighted by Gasteiger charge is -2.23. The maximum atomic E-state index is 4.41. The van der Waals surface area contributed by atoms with Gasteiger partial charge >= 0.3 is 0 Å². The predicted molar refractivity (Wildman–Crippen MR) is 92.1 cm³/mol. The van der Waals surface area contributed by atoms with E-state index in [1.54, 1.807) is 0 Å². The molecular weight excluding hydrogens is 369 g/mol. The normalized spacial score (nSPS) is 18.9. The zero-order chi connectivity index (χ0) is 13.9. The van der Waals surface area contributed by atoms with Crippen molar-refractivity contribution >= 4 is 39.9 Å². The van der Waals surface area contributed by atoms with Gasteiger partial charge in [0.25, 0.3) is 0 Å². The minimum absolute atomic E-state index is 0.418. The number of nitrogens with one attached hydrogen (secondary N) is 1. The second kappa shape index (κ2) is 6.43. The monoisotopic (exact) mass is 391 g/mol. The van der Waals surface area contributed by atoms with Crippen LogP contribution in [0, 0.1) is 8.30 Å². The van der Waals surface area contributed by atoms with E-state index in [0.29, 0.717) is 5.41 Å². The van der Waals surface area contributed by atoms with Crippen LogP contribution in [0.15, 0.2) is 17.1 Å². The van der Waals surface area contributed by atoms with Gasteiger partial charge < -0.3 is 10.2 Å². The van der Waals surface area contributed by atoms with Gasteiger partial charge in [-0.15, -0.1) is 11.3 Å². The van der Waals surface area contributed by atoms with E-state index in [9.17, 15) is 0 Å². The number of halogens is 1. The molecule has 1 saturated heterocycles. The summed E-state index contributed by atoms with van der Waals surface area (Å²) >= 11 is 4.25. The summed E-state index contributed by atoms with van der Waals surface area (Å²) in [6.45, 7) is 7.83. The fourth-order valence-corrected chi connectivity index (χ4v) is 4.16. The van der Waals surface area contributed by atoms with E-state index in [0.717, 1.165) is 32.0 Å². The van der Waals surface area contributed by atoms with Crippen molar-refractivity contribution in [2.24, 2.45) is 10.4 Å². The minimum Gasteiger partial charge on any atom is -0.356 e. The van der Waals surface area contributed by atoms with Crippen LogP contribution in [0.4, 0.5) is 0 Å². The summed E-state index contributed by atoms with van der Waals surface area (Å²) in [4.78, 5) is 8.22. The number of nitrogens with zero attached hydrogens (tertiary/aromatic N) is 2. The molecule has 1 fully saturated rings. The third kappa shape index (κ3) is 4.34. The summed E-state index contributed by atoms with van der Waals surface area (Å²) in [5.74, 6) is 1.05. The largest absolute Gasteiger partial charge is 0.356 e. The average molecular weight is 391 g/mol. The lowest BCUT2D eigenvalue weighted by molar-refractivity contribution is 0.370. The molecule has 19 heavy (non-hydrogen) atoms. The molecule has 2 heterocycles. The zero-order valence-electron chi connectivity index (χ0n) is 11.9. The molecule has 0 amide bonds. The maximum absolute atomic E-state index is 4.41. The van der Waals surface area contributed by atoms with E-state index >= 15 is 0 Å². The standard InChI is InChI=1S/C14H22IN3S/c1-14(2)7-9-18(10-14)13(16-3)17-8-6-11-4-5-12(15)19-11/h4-5H,6-10H2,1-3H3,(H,16,17). The van der Waals surface area contributed by atoms with Crippen LogP contribution in [-0.2, 0) is 6.42 Å². The Balaban J connectivity index is 1.81. The summed E-state index contributed by atoms with van der Waals surface area (Å²) in [5.41, 5.74) is 0.418. The van der Waals surface area contributed by atoms with Gasteiger partial charge in [-0.3, -0.25) is 4.99 Å². The van der Waals surface area contributed by atoms with E-state index in [1.165, 1.54) is 14.2 Å². The van der Waals surface area contributed by atoms with E-state index in [2.05, 4.69) is 63.8 Å². The van der Waals surface area contributed by atoms with Gasteiger partial charge in [0.05, 0.1) is 2.88 Å². The van der Waals surface area contributed by atoms with Crippen LogP contribution in [0.3, 0.4) is 0 Å². The Hall–Kier alpha value is -0.300. The van der Waals surface area contributed by atoms with E-state index in [4.69, 9.17) is 0 Å². The smallest absolute Gasteiger partial charge is 0.193 e. The molecular formula is C14H22IN3S. The highest BCUT2D eigenvalue weighted by molar-refractivity contribution is 14.1. The molecule has 5 heteroatoms. The highest BCUT2D eigenvalue weighted by Gasteiger charge is 2.30. The van der Waals surface area contributed by atoms with Crippen LogP contribution in [0.1, 0.15) is 25.1 Å². The van der Waals surface area contributed by atoms with E-state index < -0.39 is 0 Å². The van der Waals surface area contributed by atoms with Crippen molar-refractivity contribution in [1.82, 2.24) is 10.2 Å². The zero-order valence-corrected chi connectivity index (χ0v) is 14.8. The molecule has 1 aliphatic heterocycles. The SMILES string of the molecule is CN=C(NCCc1ccc(I)s1)N1CCC(C)(C)C1. The van der Waals surface area contributed by atoms with Crippen LogP contribution < -0.4 is 5.32 Å². The molecule has 1 N–H and O–H groups in total. The first-order chi connectivity index (χ1) is 9.00. The lowest BCUT2D eigenvalue weighted by Crippen LogP contribution is -2.41. The number of aliphatic imine (C=N–C) groups is 1. The Bertz CT molecular complexity index is 453. The van der Waals surface area contributed by atoms with Gasteiger partial charge in [-0.25, -0.2) is 0 Å². The number of likely N-dealkylation sites (tertiary alicyclic amines) is 1. The van der Waals surface area contributed by atoms with Crippen molar-refractivity contribution in [1.29, 1.82) is 0 Å². The average Bonchev–Trinajstić information content (AvgIpc) is 2.91. The van der Waals surface area contributed by atoms with Crippen LogP contribution in [0.2, 0.25) is 0 Å². The Morgan fingerprint density at radius 3 is 2.84 bits per heavy atom. The second-order valence-electron chi connectivity index (χ2n) is 5.77. The first-order valence-corrected chi connectivity index (χ1v) is 8.59. The molecule has 0 aromatic carbocycles. The number of thiophene rings is 1. The van der Waals surface area contributed by atoms with Gasteiger partial charge in [0.15, 0.2) is 5.96 Å². The molecule has 1 aromatic rings. The summed E-state index contributed by atoms with van der Waals surface area (Å²) in [5, 5.41) is 3.49. The van der Waals surface area contributed by atoms with Crippen molar-refractivity contribution < 1.29 is 0 Å². The molecule has 2 rings (SSSR count). The number of rotatable bonds is 3. The molecule has 0 radical (unpaired) electrons. The fraction of sp³-hybridized carbons (Fsp3) is 0.643. The molecule has 3 nitrogen and oxygen atoms in total. The Morgan fingerprint density at radius 1 is 1.53 bits per heavy atom. The van der Waals surface area contributed by atoms with Crippen LogP contribution in [0.25, 0.3) is 0 Å². The minimum atomic E-state index is 0.418. The van der Waals surface area contributed by atoms with Crippen LogP contribution in [-0.4, -0.2) is 37.5 Å². The molecule has 1 aliphatic rings. The predicted octanol–water partition coefficient (Wildman–Crippen LogP) is 3.20. The van der Waals surface area contributed by atoms with Gasteiger partial charge in [0.2, 0.25) is 0 Å². The molecule has 0 unspecified atom stereocenters. The molecule has 0 atom stereocenters. The van der Waals surface area contributed by atoms with Crippen molar-refractivity contribution in [3.05, 3.63) is 19.9 Å². The van der Waals surface area contributed by atoms with Crippen molar-refractivity contribution in [3.8, 4) is 0 Å². The van der Waals surface area contributed by atoms with Crippen molar-refractivity contribution in [2.45, 2.75) is 26.7 Å². The molecule has 0 saturated carbocycles. The van der Waals surface area contributed by atoms with Crippen LogP contribution >= 0.6 is 33.9 Å². The van der Waals surface area contributed by atoms with Crippen molar-refractivity contribution in [3.63, 3.8) is 0 Å². The third-order valence-corrected chi connectivity index (χ3v) is 5.43. The number of guanidine groups is 1. The Labute approximate surface area is 133 Å². The first-order valence-electron chi connectivity index (χ1n) is 6.70. The topological polar surface area (TPSA) is 27.6 Å². The van der Waals surface area contributed by atoms with Gasteiger partial charge in [-0.05, 0) is 53.0 Å². The summed E-state index contributed by atoms with van der Waals surface area (Å²) in [6.07, 6.45) is 2.32. The highest BCUT2D eigenvalue weighted by Crippen LogP contribution is 2.28. The summed E-state index contributed by atoms with van der Waals surface area (Å²) in [7, 11) is 1.88. The molecule has 0 spiro atoms. The van der Waals surface area contributed by atoms with E-state index in [1.807, 2.05) is 18.4 Å². The fourth-order valence-electron chi connectivity index (χ4n) is 2.41. The first kappa shape index (κ1) is 15.1. The molecule has 0 aliphatic carbocycles. The highest BCUT2D eigenvalue weighted by atomic mass is 127. The molecule has 1 aromatic heterocycles. The van der Waals surface area contributed by atoms with Gasteiger partial charge in [-0.1, -0.05) is 13.8 Å².